The number of benzene rings is 3. The molecule has 160 valence electrons. The van der Waals surface area contributed by atoms with Crippen LogP contribution in [0.5, 0.6) is 5.75 Å². The molecule has 0 spiro atoms. The van der Waals surface area contributed by atoms with Gasteiger partial charge in [0.05, 0.1) is 18.8 Å². The fourth-order valence-corrected chi connectivity index (χ4v) is 4.43. The second kappa shape index (κ2) is 8.17. The molecule has 0 saturated carbocycles. The molecular weight excluding hydrogens is 422 g/mol. The fourth-order valence-electron chi connectivity index (χ4n) is 4.23. The van der Waals surface area contributed by atoms with Gasteiger partial charge in [0.15, 0.2) is 0 Å². The third-order valence-corrected chi connectivity index (χ3v) is 6.29. The van der Waals surface area contributed by atoms with Crippen molar-refractivity contribution in [2.24, 2.45) is 0 Å². The Hall–Kier alpha value is -3.57. The Morgan fingerprint density at radius 3 is 2.44 bits per heavy atom. The molecule has 0 fully saturated rings. The Morgan fingerprint density at radius 1 is 1.03 bits per heavy atom. The molecule has 1 aliphatic heterocycles. The molecule has 0 saturated heterocycles. The Morgan fingerprint density at radius 2 is 1.75 bits per heavy atom. The van der Waals surface area contributed by atoms with Crippen LogP contribution in [0.15, 0.2) is 72.8 Å². The van der Waals surface area contributed by atoms with Crippen molar-refractivity contribution in [3.8, 4) is 17.0 Å². The molecule has 2 heterocycles. The van der Waals surface area contributed by atoms with Gasteiger partial charge in [-0.1, -0.05) is 71.8 Å². The van der Waals surface area contributed by atoms with E-state index in [4.69, 9.17) is 16.3 Å². The zero-order valence-electron chi connectivity index (χ0n) is 17.8. The van der Waals surface area contributed by atoms with Gasteiger partial charge in [-0.15, -0.1) is 0 Å². The summed E-state index contributed by atoms with van der Waals surface area (Å²) in [6, 6.07) is 23.3. The number of ether oxygens (including phenoxy) is 1. The Bertz CT molecular complexity index is 1280. The number of hydrogen-bond acceptors (Lipinski definition) is 3. The average Bonchev–Trinajstić information content (AvgIpc) is 3.35. The topological polar surface area (TPSA) is 58.2 Å². The maximum absolute atomic E-state index is 13.5. The van der Waals surface area contributed by atoms with Gasteiger partial charge < -0.3 is 9.64 Å². The van der Waals surface area contributed by atoms with E-state index in [1.54, 1.807) is 7.11 Å². The number of aryl methyl sites for hydroxylation is 1. The predicted octanol–water partition coefficient (Wildman–Crippen LogP) is 5.79. The SMILES string of the molecule is COc1ccc(C2c3c(-c4ccc(C)cc4)n[nH]c3C(=O)N2Cc2ccccc2Cl)cc1. The summed E-state index contributed by atoms with van der Waals surface area (Å²) in [7, 11) is 1.64. The van der Waals surface area contributed by atoms with Crippen LogP contribution in [0.3, 0.4) is 0 Å². The first kappa shape index (κ1) is 20.3. The van der Waals surface area contributed by atoms with E-state index >= 15 is 0 Å². The largest absolute Gasteiger partial charge is 0.497 e. The van der Waals surface area contributed by atoms with Crippen molar-refractivity contribution < 1.29 is 9.53 Å². The number of halogens is 1. The number of nitrogens with one attached hydrogen (secondary N) is 1. The molecule has 1 aliphatic rings. The minimum Gasteiger partial charge on any atom is -0.497 e. The van der Waals surface area contributed by atoms with Crippen molar-refractivity contribution in [1.82, 2.24) is 15.1 Å². The molecule has 5 nitrogen and oxygen atoms in total. The molecule has 0 radical (unpaired) electrons. The highest BCUT2D eigenvalue weighted by Gasteiger charge is 2.42. The number of aromatic amines is 1. The Balaban J connectivity index is 1.64. The van der Waals surface area contributed by atoms with Crippen LogP contribution in [0.1, 0.15) is 38.8 Å². The second-order valence-electron chi connectivity index (χ2n) is 7.93. The Labute approximate surface area is 191 Å². The van der Waals surface area contributed by atoms with Crippen LogP contribution in [-0.2, 0) is 6.54 Å². The predicted molar refractivity (Wildman–Crippen MR) is 125 cm³/mol. The number of amides is 1. The van der Waals surface area contributed by atoms with Gasteiger partial charge in [-0.2, -0.15) is 5.10 Å². The van der Waals surface area contributed by atoms with Crippen LogP contribution in [0.4, 0.5) is 0 Å². The first-order chi connectivity index (χ1) is 15.6. The molecule has 1 atom stereocenters. The molecule has 1 unspecified atom stereocenters. The average molecular weight is 444 g/mol. The molecular formula is C26H22ClN3O2. The van der Waals surface area contributed by atoms with Crippen molar-refractivity contribution in [2.45, 2.75) is 19.5 Å². The number of rotatable bonds is 5. The van der Waals surface area contributed by atoms with E-state index in [-0.39, 0.29) is 11.9 Å². The third-order valence-electron chi connectivity index (χ3n) is 5.92. The highest BCUT2D eigenvalue weighted by atomic mass is 35.5. The molecule has 0 aliphatic carbocycles. The van der Waals surface area contributed by atoms with Gasteiger partial charge in [0.2, 0.25) is 0 Å². The Kier molecular flexibility index (Phi) is 5.19. The molecule has 1 amide bonds. The molecule has 1 aromatic heterocycles. The van der Waals surface area contributed by atoms with E-state index in [0.717, 1.165) is 33.7 Å². The molecule has 0 bridgehead atoms. The number of carbonyl (C=O) groups excluding carboxylic acids is 1. The van der Waals surface area contributed by atoms with Crippen molar-refractivity contribution in [3.63, 3.8) is 0 Å². The summed E-state index contributed by atoms with van der Waals surface area (Å²) in [6.07, 6.45) is 0. The summed E-state index contributed by atoms with van der Waals surface area (Å²) in [5.74, 6) is 0.675. The molecule has 32 heavy (non-hydrogen) atoms. The van der Waals surface area contributed by atoms with E-state index in [0.29, 0.717) is 17.3 Å². The standard InChI is InChI=1S/C26H22ClN3O2/c1-16-7-9-17(10-8-16)23-22-24(29-28-23)26(31)30(15-19-5-3-4-6-21(19)27)25(22)18-11-13-20(32-2)14-12-18/h3-14,25H,15H2,1-2H3,(H,28,29). The van der Waals surface area contributed by atoms with E-state index < -0.39 is 0 Å². The van der Waals surface area contributed by atoms with E-state index in [1.807, 2.05) is 72.5 Å². The normalized spacial score (nSPS) is 15.2. The highest BCUT2D eigenvalue weighted by Crippen LogP contribution is 2.44. The lowest BCUT2D eigenvalue weighted by atomic mass is 9.95. The molecule has 1 N–H and O–H groups in total. The monoisotopic (exact) mass is 443 g/mol. The van der Waals surface area contributed by atoms with E-state index in [1.165, 1.54) is 5.56 Å². The van der Waals surface area contributed by atoms with E-state index in [9.17, 15) is 4.79 Å². The van der Waals surface area contributed by atoms with Gasteiger partial charge in [0.25, 0.3) is 5.91 Å². The van der Waals surface area contributed by atoms with Crippen molar-refractivity contribution >= 4 is 17.5 Å². The van der Waals surface area contributed by atoms with Gasteiger partial charge >= 0.3 is 0 Å². The van der Waals surface area contributed by atoms with Crippen LogP contribution < -0.4 is 4.74 Å². The van der Waals surface area contributed by atoms with Crippen molar-refractivity contribution in [2.75, 3.05) is 7.11 Å². The summed E-state index contributed by atoms with van der Waals surface area (Å²) in [5.41, 5.74) is 6.22. The molecule has 4 aromatic rings. The maximum Gasteiger partial charge on any atom is 0.273 e. The van der Waals surface area contributed by atoms with Crippen molar-refractivity contribution in [3.05, 3.63) is 106 Å². The summed E-state index contributed by atoms with van der Waals surface area (Å²) in [5, 5.41) is 8.18. The maximum atomic E-state index is 13.5. The summed E-state index contributed by atoms with van der Waals surface area (Å²) in [6.45, 7) is 2.44. The number of methoxy groups -OCH3 is 1. The summed E-state index contributed by atoms with van der Waals surface area (Å²) >= 11 is 6.44. The smallest absolute Gasteiger partial charge is 0.273 e. The highest BCUT2D eigenvalue weighted by molar-refractivity contribution is 6.31. The summed E-state index contributed by atoms with van der Waals surface area (Å²) < 4.78 is 5.33. The van der Waals surface area contributed by atoms with Gasteiger partial charge in [0.1, 0.15) is 11.4 Å². The molecule has 6 heteroatoms. The summed E-state index contributed by atoms with van der Waals surface area (Å²) in [4.78, 5) is 15.4. The number of carbonyl (C=O) groups is 1. The number of fused-ring (bicyclic) bond motifs is 1. The quantitative estimate of drug-likeness (QED) is 0.424. The zero-order chi connectivity index (χ0) is 22.2. The van der Waals surface area contributed by atoms with Gasteiger partial charge in [0, 0.05) is 22.7 Å². The first-order valence-corrected chi connectivity index (χ1v) is 10.8. The minimum absolute atomic E-state index is 0.0911. The van der Waals surface area contributed by atoms with Crippen LogP contribution in [-0.4, -0.2) is 28.1 Å². The number of H-pyrrole nitrogens is 1. The molecule has 5 rings (SSSR count). The lowest BCUT2D eigenvalue weighted by Gasteiger charge is -2.27. The van der Waals surface area contributed by atoms with Crippen LogP contribution in [0, 0.1) is 6.92 Å². The third kappa shape index (κ3) is 3.45. The van der Waals surface area contributed by atoms with Gasteiger partial charge in [-0.3, -0.25) is 9.89 Å². The zero-order valence-corrected chi connectivity index (χ0v) is 18.6. The van der Waals surface area contributed by atoms with Gasteiger partial charge in [-0.25, -0.2) is 0 Å². The van der Waals surface area contributed by atoms with Crippen LogP contribution in [0.25, 0.3) is 11.3 Å². The number of aromatic nitrogens is 2. The van der Waals surface area contributed by atoms with Gasteiger partial charge in [-0.05, 0) is 36.2 Å². The first-order valence-electron chi connectivity index (χ1n) is 10.4. The molecule has 3 aromatic carbocycles. The second-order valence-corrected chi connectivity index (χ2v) is 8.33. The number of hydrogen-bond donors (Lipinski definition) is 1. The van der Waals surface area contributed by atoms with Crippen LogP contribution >= 0.6 is 11.6 Å². The lowest BCUT2D eigenvalue weighted by Crippen LogP contribution is -2.29. The van der Waals surface area contributed by atoms with E-state index in [2.05, 4.69) is 22.3 Å². The minimum atomic E-state index is -0.297. The van der Waals surface area contributed by atoms with Crippen molar-refractivity contribution in [1.29, 1.82) is 0 Å². The number of nitrogens with zero attached hydrogens (tertiary/aromatic N) is 2. The fraction of sp³-hybridized carbons (Fsp3) is 0.154. The lowest BCUT2D eigenvalue weighted by molar-refractivity contribution is 0.0730. The van der Waals surface area contributed by atoms with Crippen LogP contribution in [0.2, 0.25) is 5.02 Å².